The zero-order chi connectivity index (χ0) is 37.2. The van der Waals surface area contributed by atoms with Crippen molar-refractivity contribution < 1.29 is 44.2 Å². The van der Waals surface area contributed by atoms with Crippen molar-refractivity contribution in [2.24, 2.45) is 5.73 Å². The maximum absolute atomic E-state index is 14.2. The van der Waals surface area contributed by atoms with Gasteiger partial charge < -0.3 is 50.6 Å². The van der Waals surface area contributed by atoms with Crippen molar-refractivity contribution in [3.8, 4) is 0 Å². The van der Waals surface area contributed by atoms with Crippen molar-refractivity contribution in [3.05, 3.63) is 44.9 Å². The summed E-state index contributed by atoms with van der Waals surface area (Å²) in [5.41, 5.74) is 4.18. The van der Waals surface area contributed by atoms with Gasteiger partial charge in [0.2, 0.25) is 5.91 Å². The number of H-pyrrole nitrogens is 1. The summed E-state index contributed by atoms with van der Waals surface area (Å²) in [6.45, 7) is 2.55. The molecule has 51 heavy (non-hydrogen) atoms. The van der Waals surface area contributed by atoms with E-state index in [1.54, 1.807) is 18.0 Å². The highest BCUT2D eigenvalue weighted by atomic mass is 16.7. The molecule has 8 N–H and O–H groups in total. The van der Waals surface area contributed by atoms with Crippen LogP contribution in [0.4, 0.5) is 0 Å². The lowest BCUT2D eigenvalue weighted by atomic mass is 9.97. The van der Waals surface area contributed by atoms with Crippen LogP contribution in [-0.2, 0) is 23.8 Å². The molecule has 0 saturated carbocycles. The van der Waals surface area contributed by atoms with Crippen LogP contribution < -0.4 is 22.3 Å². The summed E-state index contributed by atoms with van der Waals surface area (Å²) in [6, 6.07) is -0.268. The van der Waals surface area contributed by atoms with E-state index in [-0.39, 0.29) is 18.8 Å². The van der Waals surface area contributed by atoms with Gasteiger partial charge in [-0.25, -0.2) is 4.79 Å². The Labute approximate surface area is 297 Å². The van der Waals surface area contributed by atoms with E-state index in [1.807, 2.05) is 0 Å². The summed E-state index contributed by atoms with van der Waals surface area (Å²) < 4.78 is 18.7. The van der Waals surface area contributed by atoms with Gasteiger partial charge >= 0.3 is 5.69 Å². The molecule has 2 amide bonds. The van der Waals surface area contributed by atoms with Crippen molar-refractivity contribution >= 4 is 11.8 Å². The van der Waals surface area contributed by atoms with Crippen molar-refractivity contribution in [1.29, 1.82) is 0 Å². The molecule has 17 nitrogen and oxygen atoms in total. The molecule has 3 aliphatic heterocycles. The second-order valence-corrected chi connectivity index (χ2v) is 13.7. The normalized spacial score (nSPS) is 30.7. The lowest BCUT2D eigenvalue weighted by molar-refractivity contribution is -0.232. The molecule has 0 spiro atoms. The van der Waals surface area contributed by atoms with E-state index < -0.39 is 84.4 Å². The SMILES string of the molecule is CCCCCCCCCCCCNC(=O)C1=CCN(C)[C@@H]([C@H](OC2OC(CN)C(O)C2O)C2OC(n3ccc(=O)[nH]c3=O)C(O)C2O)C(=O)N1C. The monoisotopic (exact) mass is 724 g/mol. The maximum atomic E-state index is 14.2. The van der Waals surface area contributed by atoms with Crippen LogP contribution in [0.15, 0.2) is 33.6 Å². The van der Waals surface area contributed by atoms with Crippen molar-refractivity contribution in [3.63, 3.8) is 0 Å². The fraction of sp³-hybridized carbons (Fsp3) is 0.765. The Morgan fingerprint density at radius 2 is 1.61 bits per heavy atom. The van der Waals surface area contributed by atoms with Gasteiger partial charge in [0.25, 0.3) is 11.5 Å². The third-order valence-electron chi connectivity index (χ3n) is 9.92. The highest BCUT2D eigenvalue weighted by Gasteiger charge is 2.55. The minimum Gasteiger partial charge on any atom is -0.387 e. The molecule has 0 bridgehead atoms. The first kappa shape index (κ1) is 40.8. The van der Waals surface area contributed by atoms with Crippen molar-refractivity contribution in [1.82, 2.24) is 24.7 Å². The summed E-state index contributed by atoms with van der Waals surface area (Å²) in [4.78, 5) is 56.5. The number of nitrogens with zero attached hydrogens (tertiary/aromatic N) is 3. The molecule has 1 aromatic heterocycles. The number of ether oxygens (including phenoxy) is 3. The standard InChI is InChI=1S/C34H56N6O11/c1-4-5-6-7-8-9-10-11-12-13-16-36-30(46)20-14-17-38(2)23(31(47)39(20)3)28(51-33-27(45)24(42)21(19-35)49-33)29-25(43)26(44)32(50-29)40-18-15-22(41)37-34(40)48/h14-15,18,21,23-29,32-33,42-45H,4-13,16-17,19,35H2,1-3H3,(H,36,46)(H,37,41,48)/t21?,23-,24?,25?,26?,27?,28-,29?,32?,33?/m0/s1. The quantitative estimate of drug-likeness (QED) is 0.0867. The number of rotatable bonds is 18. The van der Waals surface area contributed by atoms with Gasteiger partial charge in [0.05, 0.1) is 0 Å². The zero-order valence-electron chi connectivity index (χ0n) is 29.8. The van der Waals surface area contributed by atoms with Crippen LogP contribution in [0.25, 0.3) is 0 Å². The lowest BCUT2D eigenvalue weighted by Crippen LogP contribution is -2.59. The lowest BCUT2D eigenvalue weighted by Gasteiger charge is -2.38. The van der Waals surface area contributed by atoms with E-state index in [0.29, 0.717) is 6.54 Å². The van der Waals surface area contributed by atoms with Crippen LogP contribution in [-0.4, -0.2) is 140 Å². The number of unbranched alkanes of at least 4 members (excludes halogenated alkanes) is 9. The summed E-state index contributed by atoms with van der Waals surface area (Å²) in [6.07, 6.45) is 0.653. The summed E-state index contributed by atoms with van der Waals surface area (Å²) in [5.74, 6) is -1.08. The minimum atomic E-state index is -1.75. The van der Waals surface area contributed by atoms with Crippen LogP contribution in [0.1, 0.15) is 77.4 Å². The molecule has 1 aromatic rings. The molecule has 10 atom stereocenters. The van der Waals surface area contributed by atoms with Crippen LogP contribution in [0.2, 0.25) is 0 Å². The number of hydrogen-bond donors (Lipinski definition) is 7. The van der Waals surface area contributed by atoms with E-state index in [2.05, 4.69) is 17.2 Å². The molecule has 2 saturated heterocycles. The first-order chi connectivity index (χ1) is 24.4. The Kier molecular flexibility index (Phi) is 15.3. The summed E-state index contributed by atoms with van der Waals surface area (Å²) >= 11 is 0. The third kappa shape index (κ3) is 9.91. The Hall–Kier alpha value is -3.00. The Balaban J connectivity index is 1.47. The number of aromatic amines is 1. The number of amides is 2. The average Bonchev–Trinajstić information content (AvgIpc) is 3.51. The average molecular weight is 725 g/mol. The minimum absolute atomic E-state index is 0.0674. The molecule has 4 rings (SSSR count). The predicted octanol–water partition coefficient (Wildman–Crippen LogP) is -1.36. The first-order valence-electron chi connectivity index (χ1n) is 18.1. The number of carbonyl (C=O) groups excluding carboxylic acids is 2. The largest absolute Gasteiger partial charge is 0.387 e. The second-order valence-electron chi connectivity index (χ2n) is 13.7. The summed E-state index contributed by atoms with van der Waals surface area (Å²) in [5, 5.41) is 46.4. The van der Waals surface area contributed by atoms with E-state index in [4.69, 9.17) is 19.9 Å². The topological polar surface area (TPSA) is 242 Å². The molecule has 4 heterocycles. The van der Waals surface area contributed by atoms with E-state index >= 15 is 0 Å². The van der Waals surface area contributed by atoms with Crippen LogP contribution in [0, 0.1) is 0 Å². The molecule has 2 fully saturated rings. The first-order valence-corrected chi connectivity index (χ1v) is 18.1. The van der Waals surface area contributed by atoms with Crippen LogP contribution in [0.3, 0.4) is 0 Å². The second kappa shape index (κ2) is 19.2. The molecular formula is C34H56N6O11. The molecule has 0 radical (unpaired) electrons. The number of aromatic nitrogens is 2. The third-order valence-corrected chi connectivity index (χ3v) is 9.92. The number of nitrogens with two attached hydrogens (primary N) is 1. The van der Waals surface area contributed by atoms with Crippen molar-refractivity contribution in [2.45, 2.75) is 132 Å². The van der Waals surface area contributed by atoms with Gasteiger partial charge in [0.15, 0.2) is 12.5 Å². The number of aliphatic hydroxyl groups is 4. The molecule has 0 aromatic carbocycles. The fourth-order valence-corrected chi connectivity index (χ4v) is 6.85. The van der Waals surface area contributed by atoms with Crippen LogP contribution in [0.5, 0.6) is 0 Å². The molecule has 3 aliphatic rings. The number of nitrogens with one attached hydrogen (secondary N) is 2. The highest BCUT2D eigenvalue weighted by molar-refractivity contribution is 5.99. The van der Waals surface area contributed by atoms with Gasteiger partial charge in [0, 0.05) is 38.9 Å². The van der Waals surface area contributed by atoms with Gasteiger partial charge in [-0.1, -0.05) is 64.7 Å². The van der Waals surface area contributed by atoms with Crippen LogP contribution >= 0.6 is 0 Å². The molecule has 0 aliphatic carbocycles. The van der Waals surface area contributed by atoms with E-state index in [0.717, 1.165) is 42.5 Å². The zero-order valence-corrected chi connectivity index (χ0v) is 29.8. The molecule has 17 heteroatoms. The Morgan fingerprint density at radius 1 is 0.961 bits per heavy atom. The van der Waals surface area contributed by atoms with Gasteiger partial charge in [-0.05, 0) is 19.5 Å². The van der Waals surface area contributed by atoms with E-state index in [9.17, 15) is 39.6 Å². The Morgan fingerprint density at radius 3 is 2.22 bits per heavy atom. The van der Waals surface area contributed by atoms with Gasteiger partial charge in [-0.3, -0.25) is 28.8 Å². The highest BCUT2D eigenvalue weighted by Crippen LogP contribution is 2.36. The Bertz CT molecular complexity index is 1440. The number of hydrogen-bond acceptors (Lipinski definition) is 13. The smallest absolute Gasteiger partial charge is 0.330 e. The number of likely N-dealkylation sites (N-methyl/N-ethyl adjacent to an activating group) is 2. The number of carbonyl (C=O) groups is 2. The van der Waals surface area contributed by atoms with Gasteiger partial charge in [0.1, 0.15) is 54.5 Å². The molecule has 288 valence electrons. The molecular weight excluding hydrogens is 668 g/mol. The van der Waals surface area contributed by atoms with E-state index in [1.165, 1.54) is 50.5 Å². The maximum Gasteiger partial charge on any atom is 0.330 e. The number of aliphatic hydroxyl groups excluding tert-OH is 4. The fourth-order valence-electron chi connectivity index (χ4n) is 6.85. The predicted molar refractivity (Wildman–Crippen MR) is 184 cm³/mol. The van der Waals surface area contributed by atoms with Crippen molar-refractivity contribution in [2.75, 3.05) is 33.7 Å². The summed E-state index contributed by atoms with van der Waals surface area (Å²) in [7, 11) is 3.01. The van der Waals surface area contributed by atoms with Gasteiger partial charge in [-0.2, -0.15) is 0 Å². The molecule has 8 unspecified atom stereocenters. The van der Waals surface area contributed by atoms with Gasteiger partial charge in [-0.15, -0.1) is 0 Å².